The lowest BCUT2D eigenvalue weighted by molar-refractivity contribution is 1.39. The molecule has 0 unspecified atom stereocenters. The molecule has 0 radical (unpaired) electrons. The van der Waals surface area contributed by atoms with Crippen molar-refractivity contribution in [2.75, 3.05) is 0 Å². The van der Waals surface area contributed by atoms with Gasteiger partial charge in [0.2, 0.25) is 0 Å². The Morgan fingerprint density at radius 2 is 0.938 bits per heavy atom. The SMILES string of the molecule is CC(Cl)Cl.c1ccc(-c2ccccc2)cc1. The van der Waals surface area contributed by atoms with Crippen LogP contribution in [0.1, 0.15) is 6.92 Å². The molecule has 0 spiro atoms. The first-order valence-electron chi connectivity index (χ1n) is 5.09. The molecule has 0 atom stereocenters. The standard InChI is InChI=1S/C12H10.C2H4Cl2/c1-3-7-11(8-4-1)12-9-5-2-6-10-12;1-2(3)4/h1-10H;2H,1H3. The van der Waals surface area contributed by atoms with Crippen LogP contribution in [0, 0.1) is 0 Å². The van der Waals surface area contributed by atoms with Gasteiger partial charge in [0.05, 0.1) is 0 Å². The molecule has 84 valence electrons. The van der Waals surface area contributed by atoms with Gasteiger partial charge < -0.3 is 0 Å². The molecule has 0 saturated heterocycles. The lowest BCUT2D eigenvalue weighted by Crippen LogP contribution is -1.73. The van der Waals surface area contributed by atoms with Gasteiger partial charge in [-0.2, -0.15) is 0 Å². The van der Waals surface area contributed by atoms with E-state index in [0.717, 1.165) is 0 Å². The van der Waals surface area contributed by atoms with E-state index < -0.39 is 0 Å². The van der Waals surface area contributed by atoms with E-state index in [1.165, 1.54) is 11.1 Å². The van der Waals surface area contributed by atoms with E-state index in [9.17, 15) is 0 Å². The minimum Gasteiger partial charge on any atom is -0.106 e. The van der Waals surface area contributed by atoms with Gasteiger partial charge in [0.15, 0.2) is 0 Å². The highest BCUT2D eigenvalue weighted by atomic mass is 35.5. The van der Waals surface area contributed by atoms with Crippen molar-refractivity contribution in [3.63, 3.8) is 0 Å². The summed E-state index contributed by atoms with van der Waals surface area (Å²) >= 11 is 10.1. The van der Waals surface area contributed by atoms with Crippen LogP contribution < -0.4 is 0 Å². The average molecular weight is 253 g/mol. The van der Waals surface area contributed by atoms with E-state index in [0.29, 0.717) is 0 Å². The van der Waals surface area contributed by atoms with Crippen LogP contribution in [0.5, 0.6) is 0 Å². The molecule has 0 aliphatic carbocycles. The van der Waals surface area contributed by atoms with Gasteiger partial charge in [-0.05, 0) is 18.1 Å². The predicted molar refractivity (Wildman–Crippen MR) is 73.0 cm³/mol. The highest BCUT2D eigenvalue weighted by molar-refractivity contribution is 6.43. The Bertz CT molecular complexity index is 342. The van der Waals surface area contributed by atoms with Crippen molar-refractivity contribution in [1.82, 2.24) is 0 Å². The summed E-state index contributed by atoms with van der Waals surface area (Å²) in [5, 5.41) is 0. The smallest absolute Gasteiger partial charge is 0.105 e. The second kappa shape index (κ2) is 7.32. The molecule has 0 fully saturated rings. The van der Waals surface area contributed by atoms with E-state index in [-0.39, 0.29) is 4.84 Å². The molecule has 0 aliphatic rings. The highest BCUT2D eigenvalue weighted by Gasteiger charge is 1.91. The van der Waals surface area contributed by atoms with E-state index in [1.807, 2.05) is 12.1 Å². The minimum absolute atomic E-state index is 0.222. The maximum Gasteiger partial charge on any atom is 0.105 e. The van der Waals surface area contributed by atoms with Crippen molar-refractivity contribution >= 4 is 23.2 Å². The van der Waals surface area contributed by atoms with Crippen molar-refractivity contribution in [2.45, 2.75) is 11.8 Å². The van der Waals surface area contributed by atoms with Crippen LogP contribution in [0.15, 0.2) is 60.7 Å². The summed E-state index contributed by atoms with van der Waals surface area (Å²) in [5.41, 5.74) is 2.55. The molecule has 0 aromatic heterocycles. The zero-order valence-corrected chi connectivity index (χ0v) is 10.6. The number of halogens is 2. The highest BCUT2D eigenvalue weighted by Crippen LogP contribution is 2.17. The number of hydrogen-bond donors (Lipinski definition) is 0. The van der Waals surface area contributed by atoms with Crippen LogP contribution in [0.3, 0.4) is 0 Å². The summed E-state index contributed by atoms with van der Waals surface area (Å²) in [6, 6.07) is 20.8. The van der Waals surface area contributed by atoms with Crippen LogP contribution in [-0.2, 0) is 0 Å². The topological polar surface area (TPSA) is 0 Å². The molecule has 2 rings (SSSR count). The van der Waals surface area contributed by atoms with Gasteiger partial charge in [-0.25, -0.2) is 0 Å². The van der Waals surface area contributed by atoms with Crippen LogP contribution >= 0.6 is 23.2 Å². The molecule has 0 aliphatic heterocycles. The van der Waals surface area contributed by atoms with Crippen molar-refractivity contribution in [1.29, 1.82) is 0 Å². The molecule has 2 heteroatoms. The average Bonchev–Trinajstić information content (AvgIpc) is 2.31. The second-order valence-corrected chi connectivity index (χ2v) is 4.78. The third-order valence-corrected chi connectivity index (χ3v) is 1.88. The minimum atomic E-state index is -0.222. The second-order valence-electron chi connectivity index (χ2n) is 3.25. The van der Waals surface area contributed by atoms with Gasteiger partial charge in [0, 0.05) is 0 Å². The van der Waals surface area contributed by atoms with Gasteiger partial charge >= 0.3 is 0 Å². The Labute approximate surface area is 107 Å². The van der Waals surface area contributed by atoms with Crippen molar-refractivity contribution < 1.29 is 0 Å². The number of alkyl halides is 2. The number of rotatable bonds is 1. The normalized spacial score (nSPS) is 9.50. The first-order valence-corrected chi connectivity index (χ1v) is 5.96. The molecule has 0 nitrogen and oxygen atoms in total. The van der Waals surface area contributed by atoms with E-state index in [4.69, 9.17) is 23.2 Å². The lowest BCUT2D eigenvalue weighted by atomic mass is 10.1. The van der Waals surface area contributed by atoms with Gasteiger partial charge in [-0.1, -0.05) is 60.7 Å². The maximum atomic E-state index is 5.04. The zero-order valence-electron chi connectivity index (χ0n) is 9.11. The molecule has 0 heterocycles. The predicted octanol–water partition coefficient (Wildman–Crippen LogP) is 5.16. The van der Waals surface area contributed by atoms with Crippen molar-refractivity contribution in [3.05, 3.63) is 60.7 Å². The van der Waals surface area contributed by atoms with Gasteiger partial charge in [-0.15, -0.1) is 23.2 Å². The Kier molecular flexibility index (Phi) is 5.99. The fraction of sp³-hybridized carbons (Fsp3) is 0.143. The summed E-state index contributed by atoms with van der Waals surface area (Å²) in [6.45, 7) is 1.70. The molecule has 0 saturated carbocycles. The third kappa shape index (κ3) is 5.20. The summed E-state index contributed by atoms with van der Waals surface area (Å²) in [7, 11) is 0. The lowest BCUT2D eigenvalue weighted by Gasteiger charge is -1.98. The fourth-order valence-corrected chi connectivity index (χ4v) is 1.26. The van der Waals surface area contributed by atoms with Crippen LogP contribution in [0.4, 0.5) is 0 Å². The molecular formula is C14H14Cl2. The third-order valence-electron chi connectivity index (χ3n) is 1.88. The van der Waals surface area contributed by atoms with Gasteiger partial charge in [0.1, 0.15) is 4.84 Å². The molecular weight excluding hydrogens is 239 g/mol. The fourth-order valence-electron chi connectivity index (χ4n) is 1.26. The van der Waals surface area contributed by atoms with Crippen molar-refractivity contribution in [3.8, 4) is 11.1 Å². The summed E-state index contributed by atoms with van der Waals surface area (Å²) in [6.07, 6.45) is 0. The van der Waals surface area contributed by atoms with Crippen LogP contribution in [-0.4, -0.2) is 4.84 Å². The molecule has 0 bridgehead atoms. The maximum absolute atomic E-state index is 5.04. The van der Waals surface area contributed by atoms with E-state index >= 15 is 0 Å². The Hall–Kier alpha value is -0.980. The number of hydrogen-bond acceptors (Lipinski definition) is 0. The molecule has 2 aromatic rings. The summed E-state index contributed by atoms with van der Waals surface area (Å²) in [4.78, 5) is -0.222. The van der Waals surface area contributed by atoms with E-state index in [2.05, 4.69) is 48.5 Å². The summed E-state index contributed by atoms with van der Waals surface area (Å²) < 4.78 is 0. The monoisotopic (exact) mass is 252 g/mol. The summed E-state index contributed by atoms with van der Waals surface area (Å²) in [5.74, 6) is 0. The first kappa shape index (κ1) is 13.1. The molecule has 0 N–H and O–H groups in total. The molecule has 0 amide bonds. The Balaban J connectivity index is 0.000000280. The quantitative estimate of drug-likeness (QED) is 0.615. The Morgan fingerprint density at radius 3 is 1.19 bits per heavy atom. The van der Waals surface area contributed by atoms with Gasteiger partial charge in [-0.3, -0.25) is 0 Å². The largest absolute Gasteiger partial charge is 0.106 e. The Morgan fingerprint density at radius 1 is 0.688 bits per heavy atom. The zero-order chi connectivity index (χ0) is 11.8. The van der Waals surface area contributed by atoms with E-state index in [1.54, 1.807) is 6.92 Å². The first-order chi connectivity index (χ1) is 7.70. The van der Waals surface area contributed by atoms with Crippen molar-refractivity contribution in [2.24, 2.45) is 0 Å². The van der Waals surface area contributed by atoms with Crippen LogP contribution in [0.2, 0.25) is 0 Å². The van der Waals surface area contributed by atoms with Crippen LogP contribution in [0.25, 0.3) is 11.1 Å². The molecule has 16 heavy (non-hydrogen) atoms. The van der Waals surface area contributed by atoms with Gasteiger partial charge in [0.25, 0.3) is 0 Å². The number of benzene rings is 2. The molecule has 2 aromatic carbocycles.